The Bertz CT molecular complexity index is 1240. The van der Waals surface area contributed by atoms with Gasteiger partial charge in [0.05, 0.1) is 13.7 Å². The Morgan fingerprint density at radius 3 is 2.39 bits per heavy atom. The molecule has 4 aromatic rings. The van der Waals surface area contributed by atoms with Crippen molar-refractivity contribution in [1.82, 2.24) is 0 Å². The van der Waals surface area contributed by atoms with E-state index >= 15 is 0 Å². The van der Waals surface area contributed by atoms with Gasteiger partial charge in [0, 0.05) is 10.9 Å². The summed E-state index contributed by atoms with van der Waals surface area (Å²) in [5.41, 5.74) is 1.82. The lowest BCUT2D eigenvalue weighted by Gasteiger charge is -2.08. The van der Waals surface area contributed by atoms with Crippen molar-refractivity contribution >= 4 is 22.9 Å². The highest BCUT2D eigenvalue weighted by Gasteiger charge is 2.24. The number of carbonyl (C=O) groups is 2. The highest BCUT2D eigenvalue weighted by molar-refractivity contribution is 6.09. The first-order chi connectivity index (χ1) is 15.1. The second-order valence-corrected chi connectivity index (χ2v) is 6.64. The number of furan rings is 1. The molecular formula is C25H20O6. The third kappa shape index (κ3) is 4.00. The Morgan fingerprint density at radius 1 is 0.903 bits per heavy atom. The second kappa shape index (κ2) is 8.75. The molecule has 0 radical (unpaired) electrons. The summed E-state index contributed by atoms with van der Waals surface area (Å²) >= 11 is 0. The van der Waals surface area contributed by atoms with Gasteiger partial charge >= 0.3 is 11.9 Å². The molecule has 3 aromatic carbocycles. The Morgan fingerprint density at radius 2 is 1.65 bits per heavy atom. The SMILES string of the molecule is CCOC(=O)c1c(-c2ccccc2)oc2ccc(OC(=O)c3ccccc3OC)cc12. The molecule has 0 atom stereocenters. The molecule has 0 saturated carbocycles. The maximum absolute atomic E-state index is 12.7. The molecule has 0 aliphatic carbocycles. The normalized spacial score (nSPS) is 10.6. The van der Waals surface area contributed by atoms with Gasteiger partial charge in [0.2, 0.25) is 0 Å². The van der Waals surface area contributed by atoms with E-state index in [2.05, 4.69) is 0 Å². The number of hydrogen-bond donors (Lipinski definition) is 0. The molecule has 0 aliphatic heterocycles. The van der Waals surface area contributed by atoms with Gasteiger partial charge in [0.25, 0.3) is 0 Å². The number of benzene rings is 3. The van der Waals surface area contributed by atoms with Crippen LogP contribution in [-0.2, 0) is 4.74 Å². The van der Waals surface area contributed by atoms with Crippen molar-refractivity contribution < 1.29 is 28.2 Å². The topological polar surface area (TPSA) is 75.0 Å². The quantitative estimate of drug-likeness (QED) is 0.305. The van der Waals surface area contributed by atoms with Crippen LogP contribution in [0.1, 0.15) is 27.6 Å². The van der Waals surface area contributed by atoms with E-state index in [-0.39, 0.29) is 12.4 Å². The van der Waals surface area contributed by atoms with Crippen molar-refractivity contribution in [2.75, 3.05) is 13.7 Å². The summed E-state index contributed by atoms with van der Waals surface area (Å²) in [5, 5.41) is 0.502. The highest BCUT2D eigenvalue weighted by atomic mass is 16.5. The van der Waals surface area contributed by atoms with Crippen molar-refractivity contribution in [2.45, 2.75) is 6.92 Å². The van der Waals surface area contributed by atoms with E-state index in [9.17, 15) is 9.59 Å². The van der Waals surface area contributed by atoms with Crippen LogP contribution in [-0.4, -0.2) is 25.7 Å². The zero-order valence-electron chi connectivity index (χ0n) is 17.1. The van der Waals surface area contributed by atoms with Crippen molar-refractivity contribution in [3.8, 4) is 22.8 Å². The monoisotopic (exact) mass is 416 g/mol. The zero-order valence-corrected chi connectivity index (χ0v) is 17.1. The van der Waals surface area contributed by atoms with E-state index in [0.29, 0.717) is 33.6 Å². The molecule has 1 heterocycles. The average Bonchev–Trinajstić information content (AvgIpc) is 3.18. The highest BCUT2D eigenvalue weighted by Crippen LogP contribution is 2.36. The number of carbonyl (C=O) groups excluding carboxylic acids is 2. The molecule has 6 nitrogen and oxygen atoms in total. The summed E-state index contributed by atoms with van der Waals surface area (Å²) in [7, 11) is 1.49. The van der Waals surface area contributed by atoms with Gasteiger partial charge in [0.1, 0.15) is 34.0 Å². The van der Waals surface area contributed by atoms with Crippen LogP contribution in [0.25, 0.3) is 22.3 Å². The lowest BCUT2D eigenvalue weighted by molar-refractivity contribution is 0.0528. The van der Waals surface area contributed by atoms with Crippen molar-refractivity contribution in [2.24, 2.45) is 0 Å². The molecule has 156 valence electrons. The molecule has 0 aliphatic rings. The molecule has 0 spiro atoms. The molecule has 0 N–H and O–H groups in total. The standard InChI is InChI=1S/C25H20O6/c1-3-29-25(27)22-19-15-17(30-24(26)18-11-7-8-12-20(18)28-2)13-14-21(19)31-23(22)16-9-5-4-6-10-16/h4-15H,3H2,1-2H3. The molecule has 0 unspecified atom stereocenters. The van der Waals surface area contributed by atoms with Crippen molar-refractivity contribution in [3.63, 3.8) is 0 Å². The third-order valence-corrected chi connectivity index (χ3v) is 4.71. The number of hydrogen-bond acceptors (Lipinski definition) is 6. The first-order valence-electron chi connectivity index (χ1n) is 9.76. The largest absolute Gasteiger partial charge is 0.496 e. The van der Waals surface area contributed by atoms with Crippen LogP contribution in [0.5, 0.6) is 11.5 Å². The maximum Gasteiger partial charge on any atom is 0.347 e. The molecule has 0 bridgehead atoms. The predicted octanol–water partition coefficient (Wildman–Crippen LogP) is 5.50. The lowest BCUT2D eigenvalue weighted by atomic mass is 10.1. The van der Waals surface area contributed by atoms with Crippen LogP contribution < -0.4 is 9.47 Å². The molecule has 4 rings (SSSR count). The minimum atomic E-state index is -0.568. The average molecular weight is 416 g/mol. The van der Waals surface area contributed by atoms with Gasteiger partial charge in [-0.1, -0.05) is 42.5 Å². The van der Waals surface area contributed by atoms with Crippen LogP contribution in [0.4, 0.5) is 0 Å². The summed E-state index contributed by atoms with van der Waals surface area (Å²) < 4.78 is 22.0. The second-order valence-electron chi connectivity index (χ2n) is 6.64. The number of methoxy groups -OCH3 is 1. The Balaban J connectivity index is 1.77. The van der Waals surface area contributed by atoms with Gasteiger partial charge in [-0.15, -0.1) is 0 Å². The molecule has 0 fully saturated rings. The third-order valence-electron chi connectivity index (χ3n) is 4.71. The summed E-state index contributed by atoms with van der Waals surface area (Å²) in [6.45, 7) is 1.96. The van der Waals surface area contributed by atoms with Gasteiger partial charge < -0.3 is 18.6 Å². The number of ether oxygens (including phenoxy) is 3. The minimum absolute atomic E-state index is 0.224. The lowest BCUT2D eigenvalue weighted by Crippen LogP contribution is -2.10. The number of rotatable bonds is 6. The summed E-state index contributed by atoms with van der Waals surface area (Å²) in [6.07, 6.45) is 0. The van der Waals surface area contributed by atoms with Crippen LogP contribution in [0, 0.1) is 0 Å². The molecule has 1 aromatic heterocycles. The fourth-order valence-corrected chi connectivity index (χ4v) is 3.31. The van der Waals surface area contributed by atoms with Gasteiger partial charge in [-0.2, -0.15) is 0 Å². The Labute approximate surface area is 179 Å². The van der Waals surface area contributed by atoms with Crippen molar-refractivity contribution in [1.29, 1.82) is 0 Å². The number of fused-ring (bicyclic) bond motifs is 1. The zero-order chi connectivity index (χ0) is 21.8. The molecule has 0 saturated heterocycles. The first kappa shape index (κ1) is 20.2. The number of para-hydroxylation sites is 1. The van der Waals surface area contributed by atoms with E-state index in [4.69, 9.17) is 18.6 Å². The van der Waals surface area contributed by atoms with Crippen LogP contribution in [0.15, 0.2) is 77.2 Å². The Kier molecular flexibility index (Phi) is 5.71. The van der Waals surface area contributed by atoms with E-state index in [1.54, 1.807) is 49.4 Å². The Hall–Kier alpha value is -4.06. The van der Waals surface area contributed by atoms with Gasteiger partial charge in [-0.25, -0.2) is 9.59 Å². The smallest absolute Gasteiger partial charge is 0.347 e. The summed E-state index contributed by atoms with van der Waals surface area (Å²) in [4.78, 5) is 25.4. The van der Waals surface area contributed by atoms with Gasteiger partial charge in [0.15, 0.2) is 0 Å². The van der Waals surface area contributed by atoms with E-state index < -0.39 is 11.9 Å². The number of esters is 2. The van der Waals surface area contributed by atoms with Crippen LogP contribution in [0.3, 0.4) is 0 Å². The first-order valence-corrected chi connectivity index (χ1v) is 9.76. The van der Waals surface area contributed by atoms with Gasteiger partial charge in [-0.3, -0.25) is 0 Å². The van der Waals surface area contributed by atoms with Crippen LogP contribution >= 0.6 is 0 Å². The molecular weight excluding hydrogens is 396 g/mol. The van der Waals surface area contributed by atoms with Gasteiger partial charge in [-0.05, 0) is 37.3 Å². The molecule has 6 heteroatoms. The summed E-state index contributed by atoms with van der Waals surface area (Å²) in [5.74, 6) is 0.0154. The fourth-order valence-electron chi connectivity index (χ4n) is 3.31. The maximum atomic E-state index is 12.7. The van der Waals surface area contributed by atoms with Crippen LogP contribution in [0.2, 0.25) is 0 Å². The van der Waals surface area contributed by atoms with E-state index in [1.165, 1.54) is 7.11 Å². The van der Waals surface area contributed by atoms with E-state index in [1.807, 2.05) is 30.3 Å². The molecule has 0 amide bonds. The molecule has 31 heavy (non-hydrogen) atoms. The minimum Gasteiger partial charge on any atom is -0.496 e. The van der Waals surface area contributed by atoms with E-state index in [0.717, 1.165) is 5.56 Å². The summed E-state index contributed by atoms with van der Waals surface area (Å²) in [6, 6.07) is 21.0. The fraction of sp³-hybridized carbons (Fsp3) is 0.120. The predicted molar refractivity (Wildman–Crippen MR) is 116 cm³/mol. The van der Waals surface area contributed by atoms with Crippen molar-refractivity contribution in [3.05, 3.63) is 83.9 Å².